The van der Waals surface area contributed by atoms with E-state index < -0.39 is 303 Å². The van der Waals surface area contributed by atoms with Gasteiger partial charge in [-0.25, -0.2) is 4.79 Å². The summed E-state index contributed by atoms with van der Waals surface area (Å²) in [5.74, 6) is -7.70. The number of aliphatic carboxylic acids is 1. The second-order valence-electron chi connectivity index (χ2n) is 28.9. The molecule has 111 heavy (non-hydrogen) atoms. The highest BCUT2D eigenvalue weighted by Gasteiger charge is 2.63. The number of rotatable bonds is 42. The molecule has 3 amide bonds. The minimum Gasteiger partial charge on any atom is -0.477 e. The summed E-state index contributed by atoms with van der Waals surface area (Å²) in [6.07, 6.45) is -57.4. The number of allylic oxidation sites excluding steroid dienone is 1. The second kappa shape index (κ2) is 44.7. The van der Waals surface area contributed by atoms with Crippen molar-refractivity contribution in [3.8, 4) is 0 Å². The maximum Gasteiger partial charge on any atom is 0.364 e. The maximum atomic E-state index is 14.0. The summed E-state index contributed by atoms with van der Waals surface area (Å²) in [7, 11) is 0. The van der Waals surface area contributed by atoms with Gasteiger partial charge in [0, 0.05) is 20.3 Å². The van der Waals surface area contributed by atoms with Gasteiger partial charge in [0.2, 0.25) is 18.2 Å². The number of hydrogen-bond donors (Lipinski definition) is 25. The Kier molecular flexibility index (Phi) is 38.0. The molecule has 0 unspecified atom stereocenters. The van der Waals surface area contributed by atoms with Crippen LogP contribution in [0.4, 0.5) is 0 Å². The third kappa shape index (κ3) is 23.8. The lowest BCUT2D eigenvalue weighted by atomic mass is 9.88. The number of carbonyl (C=O) groups excluding carboxylic acids is 3. The van der Waals surface area contributed by atoms with E-state index in [0.29, 0.717) is 6.42 Å². The average molecular weight is 1620 g/mol. The molecule has 0 aromatic heterocycles. The minimum absolute atomic E-state index is 0.278. The van der Waals surface area contributed by atoms with Crippen molar-refractivity contribution >= 4 is 24.2 Å². The molecular weight excluding hydrogens is 1500 g/mol. The Bertz CT molecular complexity index is 2800. The van der Waals surface area contributed by atoms with Crippen molar-refractivity contribution in [2.45, 2.75) is 344 Å². The zero-order valence-electron chi connectivity index (χ0n) is 61.9. The molecule has 7 heterocycles. The van der Waals surface area contributed by atoms with Crippen molar-refractivity contribution in [1.29, 1.82) is 0 Å². The summed E-state index contributed by atoms with van der Waals surface area (Å²) >= 11 is 0. The SMILES string of the molecule is CCCCCCCCCCCCC/C=C/[C@@H](O)[C@H](CO[C@@H]1O[C@H](CO)[C@@H](O[C@@H]2O[C@H](CO)[C@H](O[C@@H]3O[C@H](CO)[C@H](O)[C@H](O[C@@H]4O[C@H](CO)[C@H](O)[C@H](O[C@H]5O[C@H](CO)[C@H](O)[C@H](O)[C@H]5O)[C@H]4O[C@@H]4O[C@@H](C)[C@@H](O)[C@@H](O)[C@@H]4O)[C@H]3NC(C)=O)[C@H](O[C@]3(C(=O)O)C[C@H](O)[C@@H](NC(C)=O)[C@H]([C@H](O)[C@H](O)CO)O3)[C@H]2O)[C@H](O)[C@H]1O)NC=O. The molecule has 0 bridgehead atoms. The van der Waals surface area contributed by atoms with E-state index in [4.69, 9.17) is 66.3 Å². The van der Waals surface area contributed by atoms with Crippen LogP contribution in [0, 0.1) is 0 Å². The number of amides is 3. The third-order valence-corrected chi connectivity index (χ3v) is 20.7. The van der Waals surface area contributed by atoms with Crippen LogP contribution in [0.1, 0.15) is 111 Å². The van der Waals surface area contributed by atoms with E-state index in [2.05, 4.69) is 22.9 Å². The van der Waals surface area contributed by atoms with Gasteiger partial charge in [0.25, 0.3) is 5.79 Å². The number of carbonyl (C=O) groups is 4. The fourth-order valence-electron chi connectivity index (χ4n) is 14.4. The van der Waals surface area contributed by atoms with Crippen molar-refractivity contribution in [1.82, 2.24) is 16.0 Å². The Morgan fingerprint density at radius 1 is 0.486 bits per heavy atom. The van der Waals surface area contributed by atoms with Crippen LogP contribution in [0.3, 0.4) is 0 Å². The zero-order valence-corrected chi connectivity index (χ0v) is 61.9. The van der Waals surface area contributed by atoms with Crippen molar-refractivity contribution in [2.24, 2.45) is 0 Å². The predicted octanol–water partition coefficient (Wildman–Crippen LogP) is -11.0. The van der Waals surface area contributed by atoms with Crippen LogP contribution in [-0.2, 0) is 85.5 Å². The molecule has 7 fully saturated rings. The molecule has 644 valence electrons. The minimum atomic E-state index is -3.49. The third-order valence-electron chi connectivity index (χ3n) is 20.7. The lowest BCUT2D eigenvalue weighted by Gasteiger charge is -2.53. The summed E-state index contributed by atoms with van der Waals surface area (Å²) < 4.78 is 84.2. The Hall–Kier alpha value is -3.78. The highest BCUT2D eigenvalue weighted by atomic mass is 16.8. The highest BCUT2D eigenvalue weighted by Crippen LogP contribution is 2.42. The molecule has 7 aliphatic heterocycles. The van der Waals surface area contributed by atoms with Gasteiger partial charge in [-0.05, 0) is 19.8 Å². The van der Waals surface area contributed by atoms with Crippen LogP contribution in [0.5, 0.6) is 0 Å². The Morgan fingerprint density at radius 3 is 1.51 bits per heavy atom. The molecule has 7 rings (SSSR count). The molecule has 0 spiro atoms. The van der Waals surface area contributed by atoms with Gasteiger partial charge >= 0.3 is 5.97 Å². The van der Waals surface area contributed by atoms with Crippen LogP contribution in [0.25, 0.3) is 0 Å². The summed E-state index contributed by atoms with van der Waals surface area (Å²) in [4.78, 5) is 51.8. The molecule has 7 saturated heterocycles. The standard InChI is InChI=1S/C68H117N3O40/c1-5-6-7-8-9-10-11-12-13-14-15-16-17-18-32(81)31(69-27-78)26-98-62-52(94)49(91)54(38(24-76)103-62)105-65-53(95)59(111-68(67(96)97)19-33(82)40(70-29(3)79)57(110-68)43(85)34(83)20-72)55(39(25-77)104-65)106-61-41(71-30(4)80)56(45(87)36(22-74)100-61)107-66-60(109-63-50(92)47(89)42(84)28(2)99-63)58(46(88)37(23-75)102-66)108-64-51(93)48(90)44(86)35(21-73)101-64/h17-18,27-28,31-66,72-77,81-95H,5-16,19-26H2,1-4H3,(H,69,78)(H,70,79)(H,71,80)(H,96,97)/b18-17+/t28-,31-,32+,33-,34+,35+,36+,37+,38+,39+,40+,41+,42+,43+,44-,45-,46-,47+,48-,49+,50-,51+,52+,53+,54+,55-,56+,57+,58-,59+,60+,61-,62+,63-,64+,65-,66-,68-/m0/s1. The number of carboxylic acids is 1. The predicted molar refractivity (Wildman–Crippen MR) is 364 cm³/mol. The first-order valence-electron chi connectivity index (χ1n) is 37.5. The molecule has 0 saturated carbocycles. The first-order chi connectivity index (χ1) is 52.8. The molecule has 25 N–H and O–H groups in total. The van der Waals surface area contributed by atoms with Gasteiger partial charge < -0.3 is 195 Å². The molecule has 43 nitrogen and oxygen atoms in total. The van der Waals surface area contributed by atoms with E-state index in [-0.39, 0.29) is 6.41 Å². The summed E-state index contributed by atoms with van der Waals surface area (Å²) in [6, 6.07) is -5.17. The lowest BCUT2D eigenvalue weighted by molar-refractivity contribution is -0.410. The number of unbranched alkanes of at least 4 members (excludes halogenated alkanes) is 11. The van der Waals surface area contributed by atoms with E-state index in [0.717, 1.165) is 46.0 Å². The van der Waals surface area contributed by atoms with Crippen molar-refractivity contribution < 1.29 is 198 Å². The Balaban J connectivity index is 1.22. The fourth-order valence-corrected chi connectivity index (χ4v) is 14.4. The van der Waals surface area contributed by atoms with Gasteiger partial charge in [0.05, 0.1) is 76.6 Å². The zero-order chi connectivity index (χ0) is 81.9. The topological polar surface area (TPSA) is 679 Å². The normalized spacial score (nSPS) is 42.2. The number of aliphatic hydroxyl groups is 21. The van der Waals surface area contributed by atoms with Gasteiger partial charge in [-0.2, -0.15) is 0 Å². The van der Waals surface area contributed by atoms with Gasteiger partial charge in [-0.1, -0.05) is 83.3 Å². The Labute approximate surface area is 638 Å². The smallest absolute Gasteiger partial charge is 0.364 e. The largest absolute Gasteiger partial charge is 0.477 e. The average Bonchev–Trinajstić information content (AvgIpc) is 0.749. The molecule has 38 atom stereocenters. The molecule has 0 aliphatic carbocycles. The molecule has 43 heteroatoms. The molecule has 0 aromatic carbocycles. The van der Waals surface area contributed by atoms with Gasteiger partial charge in [-0.15, -0.1) is 0 Å². The van der Waals surface area contributed by atoms with Crippen LogP contribution in [0.15, 0.2) is 12.2 Å². The van der Waals surface area contributed by atoms with Gasteiger partial charge in [0.1, 0.15) is 159 Å². The van der Waals surface area contributed by atoms with Crippen LogP contribution >= 0.6 is 0 Å². The Morgan fingerprint density at radius 2 is 0.946 bits per heavy atom. The number of carboxylic acid groups (broad SMARTS) is 1. The fraction of sp³-hybridized carbons (Fsp3) is 0.912. The molecule has 7 aliphatic rings. The monoisotopic (exact) mass is 1620 g/mol. The van der Waals surface area contributed by atoms with E-state index in [1.165, 1.54) is 51.5 Å². The van der Waals surface area contributed by atoms with E-state index in [1.807, 2.05) is 0 Å². The molecule has 0 radical (unpaired) electrons. The number of ether oxygens (including phenoxy) is 14. The van der Waals surface area contributed by atoms with E-state index in [1.54, 1.807) is 6.08 Å². The van der Waals surface area contributed by atoms with Gasteiger partial charge in [-0.3, -0.25) is 14.4 Å². The highest BCUT2D eigenvalue weighted by molar-refractivity contribution is 5.77. The van der Waals surface area contributed by atoms with Crippen LogP contribution in [0.2, 0.25) is 0 Å². The molecular formula is C68H117N3O40. The van der Waals surface area contributed by atoms with Crippen LogP contribution in [-0.4, -0.2) is 415 Å². The van der Waals surface area contributed by atoms with E-state index >= 15 is 0 Å². The van der Waals surface area contributed by atoms with Crippen molar-refractivity contribution in [3.63, 3.8) is 0 Å². The van der Waals surface area contributed by atoms with Crippen molar-refractivity contribution in [2.75, 3.05) is 46.2 Å². The van der Waals surface area contributed by atoms with Gasteiger partial charge in [0.15, 0.2) is 37.7 Å². The summed E-state index contributed by atoms with van der Waals surface area (Å²) in [5.41, 5.74) is 0. The second-order valence-corrected chi connectivity index (χ2v) is 28.9. The molecule has 0 aromatic rings. The number of aliphatic hydroxyl groups excluding tert-OH is 21. The summed E-state index contributed by atoms with van der Waals surface area (Å²) in [5, 5.41) is 253. The number of nitrogens with one attached hydrogen (secondary N) is 3. The quantitative estimate of drug-likeness (QED) is 0.0153. The summed E-state index contributed by atoms with van der Waals surface area (Å²) in [6.45, 7) is -2.52. The lowest BCUT2D eigenvalue weighted by Crippen LogP contribution is -2.72. The van der Waals surface area contributed by atoms with Crippen molar-refractivity contribution in [3.05, 3.63) is 12.2 Å². The first kappa shape index (κ1) is 94.4. The van der Waals surface area contributed by atoms with E-state index in [9.17, 15) is 132 Å². The maximum absolute atomic E-state index is 14.0. The number of hydrogen-bond acceptors (Lipinski definition) is 39. The van der Waals surface area contributed by atoms with Crippen LogP contribution < -0.4 is 16.0 Å². The first-order valence-corrected chi connectivity index (χ1v) is 37.5.